The molecule has 0 saturated carbocycles. The molecule has 0 atom stereocenters. The maximum Gasteiger partial charge on any atom is 0.0982 e. The Hall–Kier alpha value is -1.58. The van der Waals surface area contributed by atoms with Crippen LogP contribution in [0.4, 0.5) is 0 Å². The number of aromatic nitrogens is 2. The Morgan fingerprint density at radius 2 is 1.73 bits per heavy atom. The lowest BCUT2D eigenvalue weighted by atomic mass is 10.2. The molecular weight excluding hydrogens is 360 g/mol. The van der Waals surface area contributed by atoms with Crippen LogP contribution in [0, 0.1) is 0 Å². The van der Waals surface area contributed by atoms with Crippen molar-refractivity contribution in [2.24, 2.45) is 0 Å². The maximum atomic E-state index is 6.76. The first-order valence-electron chi connectivity index (χ1n) is 7.32. The molecule has 4 rings (SSSR count). The fourth-order valence-electron chi connectivity index (χ4n) is 3.08. The van der Waals surface area contributed by atoms with Gasteiger partial charge in [-0.3, -0.25) is 0 Å². The van der Waals surface area contributed by atoms with E-state index in [4.69, 9.17) is 16.6 Å². The summed E-state index contributed by atoms with van der Waals surface area (Å²) in [4.78, 5) is 4.88. The lowest BCUT2D eigenvalue weighted by molar-refractivity contribution is 0.732. The quantitative estimate of drug-likeness (QED) is 0.416. The van der Waals surface area contributed by atoms with Crippen molar-refractivity contribution in [3.8, 4) is 0 Å². The summed E-state index contributed by atoms with van der Waals surface area (Å²) in [6, 6.07) is 16.5. The van der Waals surface area contributed by atoms with Gasteiger partial charge in [0.25, 0.3) is 0 Å². The van der Waals surface area contributed by atoms with Crippen LogP contribution in [-0.4, -0.2) is 14.9 Å². The molecule has 0 spiro atoms. The van der Waals surface area contributed by atoms with Gasteiger partial charge in [-0.05, 0) is 18.6 Å². The Morgan fingerprint density at radius 3 is 2.55 bits per heavy atom. The molecule has 0 radical (unpaired) electrons. The standard InChI is InChI=1S/C18H14BrClN2/c19-10-5-11-22-15-9-4-2-7-13(15)17-18(22)16(20)12-6-1-3-8-14(12)21-17/h1-4,6-9H,5,10-11H2. The van der Waals surface area contributed by atoms with Crippen LogP contribution in [0.15, 0.2) is 48.5 Å². The molecule has 0 N–H and O–H groups in total. The molecule has 2 nitrogen and oxygen atoms in total. The topological polar surface area (TPSA) is 17.8 Å². The summed E-state index contributed by atoms with van der Waals surface area (Å²) in [6.07, 6.45) is 1.05. The van der Waals surface area contributed by atoms with Crippen LogP contribution in [0.5, 0.6) is 0 Å². The maximum absolute atomic E-state index is 6.76. The van der Waals surface area contributed by atoms with Gasteiger partial charge in [0, 0.05) is 22.6 Å². The van der Waals surface area contributed by atoms with Crippen molar-refractivity contribution < 1.29 is 0 Å². The molecule has 2 heterocycles. The number of halogens is 2. The summed E-state index contributed by atoms with van der Waals surface area (Å²) in [7, 11) is 0. The number of benzene rings is 2. The van der Waals surface area contributed by atoms with Gasteiger partial charge in [-0.15, -0.1) is 0 Å². The van der Waals surface area contributed by atoms with Crippen LogP contribution in [0.1, 0.15) is 6.42 Å². The van der Waals surface area contributed by atoms with E-state index in [0.29, 0.717) is 0 Å². The van der Waals surface area contributed by atoms with Crippen molar-refractivity contribution in [3.63, 3.8) is 0 Å². The number of hydrogen-bond donors (Lipinski definition) is 0. The Kier molecular flexibility index (Phi) is 3.55. The number of pyridine rings is 1. The van der Waals surface area contributed by atoms with Crippen molar-refractivity contribution in [1.82, 2.24) is 9.55 Å². The van der Waals surface area contributed by atoms with Gasteiger partial charge in [-0.2, -0.15) is 0 Å². The molecule has 0 saturated heterocycles. The van der Waals surface area contributed by atoms with Crippen molar-refractivity contribution in [3.05, 3.63) is 53.6 Å². The van der Waals surface area contributed by atoms with E-state index in [2.05, 4.69) is 44.8 Å². The fourth-order valence-corrected chi connectivity index (χ4v) is 3.68. The molecule has 0 aliphatic rings. The number of nitrogens with zero attached hydrogens (tertiary/aromatic N) is 2. The average Bonchev–Trinajstić information content (AvgIpc) is 2.87. The smallest absolute Gasteiger partial charge is 0.0982 e. The van der Waals surface area contributed by atoms with Crippen LogP contribution in [0.2, 0.25) is 5.02 Å². The van der Waals surface area contributed by atoms with E-state index < -0.39 is 0 Å². The van der Waals surface area contributed by atoms with E-state index in [1.165, 1.54) is 10.9 Å². The van der Waals surface area contributed by atoms with E-state index in [9.17, 15) is 0 Å². The van der Waals surface area contributed by atoms with Crippen molar-refractivity contribution in [2.45, 2.75) is 13.0 Å². The molecule has 0 fully saturated rings. The van der Waals surface area contributed by atoms with Gasteiger partial charge in [0.05, 0.1) is 27.1 Å². The molecule has 2 aromatic carbocycles. The van der Waals surface area contributed by atoms with E-state index in [1.807, 2.05) is 24.3 Å². The monoisotopic (exact) mass is 372 g/mol. The highest BCUT2D eigenvalue weighted by Gasteiger charge is 2.16. The lowest BCUT2D eigenvalue weighted by Crippen LogP contribution is -1.99. The van der Waals surface area contributed by atoms with E-state index in [0.717, 1.165) is 45.3 Å². The Bertz CT molecular complexity index is 991. The number of para-hydroxylation sites is 2. The number of aryl methyl sites for hydroxylation is 1. The van der Waals surface area contributed by atoms with Gasteiger partial charge in [-0.25, -0.2) is 4.98 Å². The highest BCUT2D eigenvalue weighted by molar-refractivity contribution is 9.09. The van der Waals surface area contributed by atoms with Crippen LogP contribution in [0.25, 0.3) is 32.8 Å². The molecule has 0 amide bonds. The second-order valence-electron chi connectivity index (χ2n) is 5.35. The summed E-state index contributed by atoms with van der Waals surface area (Å²) in [5, 5.41) is 3.95. The van der Waals surface area contributed by atoms with Gasteiger partial charge in [0.15, 0.2) is 0 Å². The van der Waals surface area contributed by atoms with E-state index >= 15 is 0 Å². The number of hydrogen-bond acceptors (Lipinski definition) is 1. The molecule has 4 heteroatoms. The van der Waals surface area contributed by atoms with Gasteiger partial charge in [0.1, 0.15) is 0 Å². The fraction of sp³-hybridized carbons (Fsp3) is 0.167. The normalized spacial score (nSPS) is 11.7. The minimum atomic E-state index is 0.798. The van der Waals surface area contributed by atoms with E-state index in [1.54, 1.807) is 0 Å². The SMILES string of the molecule is Clc1c2ccccc2nc2c3ccccc3n(CCCBr)c12. The summed E-state index contributed by atoms with van der Waals surface area (Å²) in [6.45, 7) is 0.926. The predicted octanol–water partition coefficient (Wildman–Crippen LogP) is 5.78. The van der Waals surface area contributed by atoms with Crippen molar-refractivity contribution in [2.75, 3.05) is 5.33 Å². The first-order valence-corrected chi connectivity index (χ1v) is 8.82. The van der Waals surface area contributed by atoms with Gasteiger partial charge >= 0.3 is 0 Å². The molecule has 0 aliphatic carbocycles. The van der Waals surface area contributed by atoms with Crippen LogP contribution < -0.4 is 0 Å². The van der Waals surface area contributed by atoms with Crippen molar-refractivity contribution >= 4 is 60.4 Å². The zero-order chi connectivity index (χ0) is 15.1. The Labute approximate surface area is 141 Å². The third kappa shape index (κ3) is 2.03. The van der Waals surface area contributed by atoms with Crippen LogP contribution >= 0.6 is 27.5 Å². The minimum Gasteiger partial charge on any atom is -0.338 e. The first kappa shape index (κ1) is 14.0. The van der Waals surface area contributed by atoms with Crippen molar-refractivity contribution in [1.29, 1.82) is 0 Å². The molecule has 2 aromatic heterocycles. The summed E-state index contributed by atoms with van der Waals surface area (Å²) < 4.78 is 2.30. The Balaban J connectivity index is 2.19. The zero-order valence-corrected chi connectivity index (χ0v) is 14.2. The summed E-state index contributed by atoms with van der Waals surface area (Å²) in [5.74, 6) is 0. The van der Waals surface area contributed by atoms with Gasteiger partial charge in [-0.1, -0.05) is 63.9 Å². The zero-order valence-electron chi connectivity index (χ0n) is 11.9. The third-order valence-electron chi connectivity index (χ3n) is 4.04. The van der Waals surface area contributed by atoms with Crippen LogP contribution in [0.3, 0.4) is 0 Å². The second-order valence-corrected chi connectivity index (χ2v) is 6.52. The average molecular weight is 374 g/mol. The molecule has 4 aromatic rings. The molecule has 0 unspecified atom stereocenters. The summed E-state index contributed by atoms with van der Waals surface area (Å²) >= 11 is 10.3. The third-order valence-corrected chi connectivity index (χ3v) is 4.98. The van der Waals surface area contributed by atoms with E-state index in [-0.39, 0.29) is 0 Å². The van der Waals surface area contributed by atoms with Crippen LogP contribution in [-0.2, 0) is 6.54 Å². The predicted molar refractivity (Wildman–Crippen MR) is 98.2 cm³/mol. The highest BCUT2D eigenvalue weighted by Crippen LogP contribution is 2.36. The minimum absolute atomic E-state index is 0.798. The number of alkyl halides is 1. The molecule has 0 aliphatic heterocycles. The molecule has 0 bridgehead atoms. The largest absolute Gasteiger partial charge is 0.338 e. The Morgan fingerprint density at radius 1 is 1.00 bits per heavy atom. The molecule has 110 valence electrons. The molecular formula is C18H14BrClN2. The number of rotatable bonds is 3. The number of fused-ring (bicyclic) bond motifs is 4. The first-order chi connectivity index (χ1) is 10.8. The highest BCUT2D eigenvalue weighted by atomic mass is 79.9. The molecule has 22 heavy (non-hydrogen) atoms. The van der Waals surface area contributed by atoms with Gasteiger partial charge in [0.2, 0.25) is 0 Å². The second kappa shape index (κ2) is 5.56. The summed E-state index contributed by atoms with van der Waals surface area (Å²) in [5.41, 5.74) is 4.18. The van der Waals surface area contributed by atoms with Gasteiger partial charge < -0.3 is 4.57 Å². The lowest BCUT2D eigenvalue weighted by Gasteiger charge is -2.08.